The molecule has 3 atom stereocenters. The number of hydrogen-bond donors (Lipinski definition) is 4. The number of rotatable bonds is 2. The molecule has 0 aliphatic heterocycles. The zero-order valence-corrected chi connectivity index (χ0v) is 9.83. The van der Waals surface area contributed by atoms with E-state index in [2.05, 4.69) is 17.9 Å². The van der Waals surface area contributed by atoms with Crippen molar-refractivity contribution in [2.75, 3.05) is 14.1 Å². The fraction of sp³-hybridized carbons (Fsp3) is 0.778. The first-order chi connectivity index (χ1) is 7.10. The number of nitrogens with one attached hydrogen (secondary N) is 2. The lowest BCUT2D eigenvalue weighted by atomic mass is 9.97. The van der Waals surface area contributed by atoms with Gasteiger partial charge in [0.05, 0.1) is 0 Å². The van der Waals surface area contributed by atoms with Crippen LogP contribution in [0.1, 0.15) is 12.8 Å². The lowest BCUT2D eigenvalue weighted by Gasteiger charge is -2.10. The molecule has 1 rings (SSSR count). The van der Waals surface area contributed by atoms with Crippen molar-refractivity contribution < 1.29 is 14.8 Å². The average Bonchev–Trinajstić information content (AvgIpc) is 2.59. The molecule has 15 heavy (non-hydrogen) atoms. The summed E-state index contributed by atoms with van der Waals surface area (Å²) in [5.74, 6) is -0.328. The summed E-state index contributed by atoms with van der Waals surface area (Å²) < 4.78 is 0. The molecule has 0 saturated heterocycles. The van der Waals surface area contributed by atoms with Crippen LogP contribution in [0.3, 0.4) is 0 Å². The third-order valence-corrected chi connectivity index (χ3v) is 2.77. The molecule has 1 aliphatic rings. The summed E-state index contributed by atoms with van der Waals surface area (Å²) in [6, 6.07) is 0. The third kappa shape index (κ3) is 4.63. The van der Waals surface area contributed by atoms with Crippen LogP contribution in [-0.4, -0.2) is 36.7 Å². The number of amides is 1. The number of hydroxylamine groups is 1. The van der Waals surface area contributed by atoms with Gasteiger partial charge in [0.25, 0.3) is 0 Å². The van der Waals surface area contributed by atoms with Gasteiger partial charge in [-0.05, 0) is 12.8 Å². The second kappa shape index (κ2) is 7.67. The van der Waals surface area contributed by atoms with Gasteiger partial charge >= 0.3 is 0 Å². The van der Waals surface area contributed by atoms with E-state index in [9.17, 15) is 9.59 Å². The molecule has 3 unspecified atom stereocenters. The van der Waals surface area contributed by atoms with Crippen LogP contribution in [0, 0.1) is 11.8 Å². The van der Waals surface area contributed by atoms with Crippen LogP contribution in [0.5, 0.6) is 0 Å². The molecule has 0 heterocycles. The van der Waals surface area contributed by atoms with E-state index >= 15 is 0 Å². The van der Waals surface area contributed by atoms with Crippen molar-refractivity contribution in [3.63, 3.8) is 0 Å². The van der Waals surface area contributed by atoms with Gasteiger partial charge in [0.1, 0.15) is 6.29 Å². The van der Waals surface area contributed by atoms with Gasteiger partial charge in [0.2, 0.25) is 5.91 Å². The summed E-state index contributed by atoms with van der Waals surface area (Å²) in [5, 5.41) is 10.1. The highest BCUT2D eigenvalue weighted by Crippen LogP contribution is 2.33. The molecule has 88 valence electrons. The number of aldehydes is 1. The summed E-state index contributed by atoms with van der Waals surface area (Å²) in [7, 11) is 3.02. The quantitative estimate of drug-likeness (QED) is 0.304. The molecule has 0 aromatic carbocycles. The van der Waals surface area contributed by atoms with E-state index in [1.54, 1.807) is 12.5 Å². The lowest BCUT2D eigenvalue weighted by molar-refractivity contribution is -0.128. The first-order valence-electron chi connectivity index (χ1n) is 4.76. The minimum Gasteiger partial charge on any atom is -0.359 e. The van der Waals surface area contributed by atoms with Gasteiger partial charge in [-0.3, -0.25) is 4.79 Å². The predicted octanol–water partition coefficient (Wildman–Crippen LogP) is -0.149. The molecule has 0 radical (unpaired) electrons. The van der Waals surface area contributed by atoms with Crippen molar-refractivity contribution in [3.05, 3.63) is 0 Å². The molecule has 1 aliphatic carbocycles. The molecular weight excluding hydrogens is 216 g/mol. The standard InChI is InChI=1S/C8H13NO2S.CH5NO/c1-9-8(11)7-3-6(12)2-5(7)4-10;1-2-3/h4-7,12H,2-3H2,1H3,(H,9,11);2-3H,1H3. The van der Waals surface area contributed by atoms with E-state index in [-0.39, 0.29) is 23.0 Å². The van der Waals surface area contributed by atoms with E-state index in [1.807, 2.05) is 0 Å². The van der Waals surface area contributed by atoms with Gasteiger partial charge in [-0.25, -0.2) is 5.48 Å². The van der Waals surface area contributed by atoms with Gasteiger partial charge in [-0.2, -0.15) is 12.6 Å². The Morgan fingerprint density at radius 1 is 1.47 bits per heavy atom. The van der Waals surface area contributed by atoms with Crippen LogP contribution in [0.15, 0.2) is 0 Å². The lowest BCUT2D eigenvalue weighted by Crippen LogP contribution is -2.30. The van der Waals surface area contributed by atoms with Crippen LogP contribution in [0.25, 0.3) is 0 Å². The van der Waals surface area contributed by atoms with Crippen molar-refractivity contribution in [3.8, 4) is 0 Å². The summed E-state index contributed by atoms with van der Waals surface area (Å²) in [4.78, 5) is 21.8. The first kappa shape index (κ1) is 14.4. The summed E-state index contributed by atoms with van der Waals surface area (Å²) >= 11 is 4.26. The normalized spacial score (nSPS) is 28.9. The van der Waals surface area contributed by atoms with Gasteiger partial charge in [0, 0.05) is 31.2 Å². The highest BCUT2D eigenvalue weighted by Gasteiger charge is 2.36. The van der Waals surface area contributed by atoms with Crippen molar-refractivity contribution in [2.45, 2.75) is 18.1 Å². The van der Waals surface area contributed by atoms with Crippen molar-refractivity contribution >= 4 is 24.8 Å². The van der Waals surface area contributed by atoms with Crippen LogP contribution >= 0.6 is 12.6 Å². The largest absolute Gasteiger partial charge is 0.359 e. The van der Waals surface area contributed by atoms with E-state index in [1.165, 1.54) is 7.05 Å². The van der Waals surface area contributed by atoms with Crippen molar-refractivity contribution in [2.24, 2.45) is 11.8 Å². The van der Waals surface area contributed by atoms with Crippen LogP contribution in [-0.2, 0) is 9.59 Å². The minimum absolute atomic E-state index is 0.0383. The highest BCUT2D eigenvalue weighted by atomic mass is 32.1. The van der Waals surface area contributed by atoms with E-state index < -0.39 is 0 Å². The van der Waals surface area contributed by atoms with Crippen LogP contribution < -0.4 is 10.8 Å². The molecule has 3 N–H and O–H groups in total. The molecule has 1 saturated carbocycles. The topological polar surface area (TPSA) is 78.4 Å². The molecule has 6 heteroatoms. The zero-order chi connectivity index (χ0) is 11.8. The SMILES string of the molecule is CNC(=O)C1CC(S)CC1C=O.CNO. The number of carbonyl (C=O) groups is 2. The predicted molar refractivity (Wildman–Crippen MR) is 60.0 cm³/mol. The smallest absolute Gasteiger partial charge is 0.223 e. The number of thiol groups is 1. The number of hydrogen-bond acceptors (Lipinski definition) is 5. The summed E-state index contributed by atoms with van der Waals surface area (Å²) in [6.45, 7) is 0. The molecule has 0 aromatic rings. The first-order valence-corrected chi connectivity index (χ1v) is 5.28. The Balaban J connectivity index is 0.000000583. The Morgan fingerprint density at radius 3 is 2.40 bits per heavy atom. The highest BCUT2D eigenvalue weighted by molar-refractivity contribution is 7.81. The second-order valence-corrected chi connectivity index (χ2v) is 4.10. The van der Waals surface area contributed by atoms with Gasteiger partial charge in [-0.1, -0.05) is 0 Å². The molecular formula is C9H18N2O3S. The average molecular weight is 234 g/mol. The van der Waals surface area contributed by atoms with E-state index in [0.29, 0.717) is 6.42 Å². The van der Waals surface area contributed by atoms with E-state index in [0.717, 1.165) is 12.7 Å². The van der Waals surface area contributed by atoms with E-state index in [4.69, 9.17) is 5.21 Å². The second-order valence-electron chi connectivity index (χ2n) is 3.37. The summed E-state index contributed by atoms with van der Waals surface area (Å²) in [5.41, 5.74) is 1.75. The molecule has 5 nitrogen and oxygen atoms in total. The maximum absolute atomic E-state index is 11.2. The molecule has 1 amide bonds. The van der Waals surface area contributed by atoms with Gasteiger partial charge in [-0.15, -0.1) is 0 Å². The fourth-order valence-corrected chi connectivity index (χ4v) is 2.15. The zero-order valence-electron chi connectivity index (χ0n) is 8.93. The maximum Gasteiger partial charge on any atom is 0.223 e. The Bertz CT molecular complexity index is 214. The molecule has 0 aromatic heterocycles. The van der Waals surface area contributed by atoms with Crippen molar-refractivity contribution in [1.29, 1.82) is 0 Å². The van der Waals surface area contributed by atoms with Crippen molar-refractivity contribution in [1.82, 2.24) is 10.8 Å². The minimum atomic E-state index is -0.157. The Kier molecular flexibility index (Phi) is 7.37. The van der Waals surface area contributed by atoms with Gasteiger partial charge in [0.15, 0.2) is 0 Å². The van der Waals surface area contributed by atoms with Crippen LogP contribution in [0.2, 0.25) is 0 Å². The molecule has 1 fully saturated rings. The molecule has 0 spiro atoms. The fourth-order valence-electron chi connectivity index (χ4n) is 1.68. The monoisotopic (exact) mass is 234 g/mol. The number of carbonyl (C=O) groups excluding carboxylic acids is 2. The Hall–Kier alpha value is -0.590. The summed E-state index contributed by atoms with van der Waals surface area (Å²) in [6.07, 6.45) is 2.31. The Labute approximate surface area is 95.0 Å². The Morgan fingerprint density at radius 2 is 2.00 bits per heavy atom. The van der Waals surface area contributed by atoms with Gasteiger partial charge < -0.3 is 15.3 Å². The third-order valence-electron chi connectivity index (χ3n) is 2.35. The maximum atomic E-state index is 11.2. The molecule has 0 bridgehead atoms. The van der Waals surface area contributed by atoms with Crippen LogP contribution in [0.4, 0.5) is 0 Å².